The van der Waals surface area contributed by atoms with Crippen LogP contribution in [0.3, 0.4) is 0 Å². The van der Waals surface area contributed by atoms with Crippen LogP contribution >= 0.6 is 0 Å². The number of carboxylic acid groups (broad SMARTS) is 1. The van der Waals surface area contributed by atoms with E-state index in [1.165, 1.54) is 0 Å². The van der Waals surface area contributed by atoms with Gasteiger partial charge in [0.05, 0.1) is 0 Å². The van der Waals surface area contributed by atoms with Crippen molar-refractivity contribution in [2.75, 3.05) is 14.2 Å². The van der Waals surface area contributed by atoms with Gasteiger partial charge in [-0.2, -0.15) is 0 Å². The summed E-state index contributed by atoms with van der Waals surface area (Å²) < 4.78 is 10.7. The summed E-state index contributed by atoms with van der Waals surface area (Å²) in [5.41, 5.74) is -0.00952. The molecule has 0 rings (SSSR count). The maximum absolute atomic E-state index is 10.9. The molecule has 0 amide bonds. The highest BCUT2D eigenvalue weighted by atomic mass is 28.4. The second kappa shape index (κ2) is 6.04. The Hall–Kier alpha value is -0.653. The molecule has 0 heterocycles. The first-order valence-electron chi connectivity index (χ1n) is 4.95. The maximum Gasteiger partial charge on any atom is 0.342 e. The Kier molecular flexibility index (Phi) is 5.78. The van der Waals surface area contributed by atoms with Gasteiger partial charge in [0.15, 0.2) is 0 Å². The van der Waals surface area contributed by atoms with Crippen molar-refractivity contribution in [1.82, 2.24) is 0 Å². The number of rotatable bonds is 7. The molecule has 0 bridgehead atoms. The van der Waals surface area contributed by atoms with E-state index in [-0.39, 0.29) is 11.1 Å². The molecule has 0 saturated carbocycles. The van der Waals surface area contributed by atoms with Gasteiger partial charge in [0.1, 0.15) is 0 Å². The number of aliphatic carboxylic acids is 1. The standard InChI is InChI=1S/C10H20O4Si/c1-6-7-9(8(2)10(11)12)15(5,13-3)14-4/h9H,2,6-7H2,1,3-5H3,(H,11,12). The molecule has 88 valence electrons. The van der Waals surface area contributed by atoms with E-state index in [1.54, 1.807) is 14.2 Å². The Morgan fingerprint density at radius 1 is 1.47 bits per heavy atom. The Bertz CT molecular complexity index is 236. The fourth-order valence-electron chi connectivity index (χ4n) is 1.56. The molecule has 0 aliphatic heterocycles. The van der Waals surface area contributed by atoms with Crippen LogP contribution in [0.2, 0.25) is 12.1 Å². The van der Waals surface area contributed by atoms with E-state index >= 15 is 0 Å². The van der Waals surface area contributed by atoms with Gasteiger partial charge >= 0.3 is 14.5 Å². The molecule has 1 unspecified atom stereocenters. The summed E-state index contributed by atoms with van der Waals surface area (Å²) in [6, 6.07) is 0. The topological polar surface area (TPSA) is 55.8 Å². The van der Waals surface area contributed by atoms with Crippen molar-refractivity contribution in [3.8, 4) is 0 Å². The second-order valence-electron chi connectivity index (χ2n) is 3.60. The fourth-order valence-corrected chi connectivity index (χ4v) is 3.86. The second-order valence-corrected chi connectivity index (χ2v) is 7.14. The summed E-state index contributed by atoms with van der Waals surface area (Å²) in [4.78, 5) is 10.9. The van der Waals surface area contributed by atoms with Crippen LogP contribution in [0, 0.1) is 0 Å². The summed E-state index contributed by atoms with van der Waals surface area (Å²) in [7, 11) is 0.672. The van der Waals surface area contributed by atoms with E-state index in [1.807, 2.05) is 13.5 Å². The zero-order valence-corrected chi connectivity index (χ0v) is 10.9. The molecule has 0 aromatic heterocycles. The molecule has 0 aliphatic carbocycles. The summed E-state index contributed by atoms with van der Waals surface area (Å²) in [6.45, 7) is 7.48. The molecule has 0 saturated heterocycles. The highest BCUT2D eigenvalue weighted by Gasteiger charge is 2.42. The van der Waals surface area contributed by atoms with Crippen molar-refractivity contribution >= 4 is 14.5 Å². The van der Waals surface area contributed by atoms with E-state index < -0.39 is 14.5 Å². The summed E-state index contributed by atoms with van der Waals surface area (Å²) in [6.07, 6.45) is 1.61. The molecule has 0 radical (unpaired) electrons. The van der Waals surface area contributed by atoms with Crippen molar-refractivity contribution in [3.05, 3.63) is 12.2 Å². The number of carboxylic acids is 1. The normalized spacial score (nSPS) is 13.6. The van der Waals surface area contributed by atoms with Crippen LogP contribution in [0.15, 0.2) is 12.2 Å². The SMILES string of the molecule is C=C(C(=O)O)C(CCC)[Si](C)(OC)OC. The Morgan fingerprint density at radius 3 is 2.20 bits per heavy atom. The largest absolute Gasteiger partial charge is 0.478 e. The van der Waals surface area contributed by atoms with E-state index in [0.29, 0.717) is 0 Å². The molecule has 0 aromatic carbocycles. The van der Waals surface area contributed by atoms with Crippen molar-refractivity contribution in [2.45, 2.75) is 31.9 Å². The molecule has 0 aliphatic rings. The van der Waals surface area contributed by atoms with Crippen molar-refractivity contribution in [3.63, 3.8) is 0 Å². The van der Waals surface area contributed by atoms with Gasteiger partial charge in [0.25, 0.3) is 0 Å². The first-order valence-corrected chi connectivity index (χ1v) is 7.34. The molecular weight excluding hydrogens is 212 g/mol. The summed E-state index contributed by atoms with van der Waals surface area (Å²) in [5, 5.41) is 8.94. The molecule has 0 spiro atoms. The monoisotopic (exact) mass is 232 g/mol. The molecule has 0 fully saturated rings. The van der Waals surface area contributed by atoms with Gasteiger partial charge in [-0.3, -0.25) is 0 Å². The zero-order valence-electron chi connectivity index (χ0n) is 9.87. The van der Waals surface area contributed by atoms with Crippen LogP contribution in [0.5, 0.6) is 0 Å². The van der Waals surface area contributed by atoms with Crippen molar-refractivity contribution < 1.29 is 18.8 Å². The van der Waals surface area contributed by atoms with Crippen molar-refractivity contribution in [2.24, 2.45) is 0 Å². The molecule has 0 aromatic rings. The van der Waals surface area contributed by atoms with Crippen LogP contribution < -0.4 is 0 Å². The van der Waals surface area contributed by atoms with Crippen LogP contribution in [0.4, 0.5) is 0 Å². The van der Waals surface area contributed by atoms with Crippen LogP contribution in [-0.2, 0) is 13.6 Å². The molecule has 1 atom stereocenters. The number of hydrogen-bond donors (Lipinski definition) is 1. The minimum Gasteiger partial charge on any atom is -0.478 e. The third-order valence-electron chi connectivity index (χ3n) is 2.72. The third-order valence-corrected chi connectivity index (χ3v) is 6.24. The predicted molar refractivity (Wildman–Crippen MR) is 61.1 cm³/mol. The van der Waals surface area contributed by atoms with Gasteiger partial charge in [-0.25, -0.2) is 4.79 Å². The Balaban J connectivity index is 4.93. The zero-order chi connectivity index (χ0) is 12.1. The predicted octanol–water partition coefficient (Wildman–Crippen LogP) is 2.16. The lowest BCUT2D eigenvalue weighted by molar-refractivity contribution is -0.132. The van der Waals surface area contributed by atoms with Gasteiger partial charge < -0.3 is 14.0 Å². The Morgan fingerprint density at radius 2 is 1.93 bits per heavy atom. The first kappa shape index (κ1) is 14.3. The minimum absolute atomic E-state index is 0.190. The smallest absolute Gasteiger partial charge is 0.342 e. The minimum atomic E-state index is -2.45. The van der Waals surface area contributed by atoms with Crippen molar-refractivity contribution in [1.29, 1.82) is 0 Å². The average molecular weight is 232 g/mol. The third kappa shape index (κ3) is 3.44. The fraction of sp³-hybridized carbons (Fsp3) is 0.700. The van der Waals surface area contributed by atoms with Gasteiger partial charge in [-0.15, -0.1) is 0 Å². The lowest BCUT2D eigenvalue weighted by atomic mass is 10.1. The molecule has 5 heteroatoms. The van der Waals surface area contributed by atoms with Gasteiger partial charge in [0, 0.05) is 25.3 Å². The highest BCUT2D eigenvalue weighted by molar-refractivity contribution is 6.68. The molecule has 1 N–H and O–H groups in total. The molecular formula is C10H20O4Si. The maximum atomic E-state index is 10.9. The van der Waals surface area contributed by atoms with Gasteiger partial charge in [0.2, 0.25) is 0 Å². The highest BCUT2D eigenvalue weighted by Crippen LogP contribution is 2.34. The van der Waals surface area contributed by atoms with Gasteiger partial charge in [-0.1, -0.05) is 19.9 Å². The van der Waals surface area contributed by atoms with E-state index in [4.69, 9.17) is 14.0 Å². The average Bonchev–Trinajstić information content (AvgIpc) is 2.23. The summed E-state index contributed by atoms with van der Waals surface area (Å²) >= 11 is 0. The van der Waals surface area contributed by atoms with Crippen LogP contribution in [-0.4, -0.2) is 33.9 Å². The molecule has 15 heavy (non-hydrogen) atoms. The first-order chi connectivity index (χ1) is 6.92. The lowest BCUT2D eigenvalue weighted by Crippen LogP contribution is -2.43. The number of hydrogen-bond acceptors (Lipinski definition) is 3. The Labute approximate surface area is 92.1 Å². The van der Waals surface area contributed by atoms with E-state index in [9.17, 15) is 4.79 Å². The summed E-state index contributed by atoms with van der Waals surface area (Å²) in [5.74, 6) is -0.971. The van der Waals surface area contributed by atoms with Crippen LogP contribution in [0.1, 0.15) is 19.8 Å². The number of carbonyl (C=O) groups is 1. The van der Waals surface area contributed by atoms with Crippen LogP contribution in [0.25, 0.3) is 0 Å². The van der Waals surface area contributed by atoms with E-state index in [0.717, 1.165) is 12.8 Å². The van der Waals surface area contributed by atoms with Gasteiger partial charge in [-0.05, 0) is 13.0 Å². The van der Waals surface area contributed by atoms with E-state index in [2.05, 4.69) is 6.58 Å². The molecule has 4 nitrogen and oxygen atoms in total. The lowest BCUT2D eigenvalue weighted by Gasteiger charge is -2.31. The quantitative estimate of drug-likeness (QED) is 0.540.